The summed E-state index contributed by atoms with van der Waals surface area (Å²) in [5.74, 6) is -0.646. The molecule has 0 bridgehead atoms. The van der Waals surface area contributed by atoms with Crippen LogP contribution < -0.4 is 5.32 Å². The van der Waals surface area contributed by atoms with Crippen LogP contribution >= 0.6 is 22.9 Å². The summed E-state index contributed by atoms with van der Waals surface area (Å²) in [6.45, 7) is 0. The number of thiophene rings is 1. The average Bonchev–Trinajstić information content (AvgIpc) is 3.08. The number of hydrogen-bond acceptors (Lipinski definition) is 4. The number of hydrogen-bond donors (Lipinski definition) is 1. The third-order valence-electron chi connectivity index (χ3n) is 3.10. The maximum absolute atomic E-state index is 12.1. The lowest BCUT2D eigenvalue weighted by Crippen LogP contribution is -2.28. The van der Waals surface area contributed by atoms with Gasteiger partial charge in [-0.3, -0.25) is 9.59 Å². The van der Waals surface area contributed by atoms with Gasteiger partial charge in [0.15, 0.2) is 0 Å². The zero-order valence-corrected chi connectivity index (χ0v) is 14.1. The van der Waals surface area contributed by atoms with Crippen LogP contribution in [-0.4, -0.2) is 19.0 Å². The Morgan fingerprint density at radius 2 is 2.04 bits per heavy atom. The van der Waals surface area contributed by atoms with Crippen LogP contribution in [0.2, 0.25) is 5.02 Å². The molecule has 0 aliphatic rings. The zero-order chi connectivity index (χ0) is 16.7. The molecule has 120 valence electrons. The largest absolute Gasteiger partial charge is 0.469 e. The number of benzene rings is 1. The highest BCUT2D eigenvalue weighted by atomic mass is 35.5. The molecule has 23 heavy (non-hydrogen) atoms. The Kier molecular flexibility index (Phi) is 6.38. The van der Waals surface area contributed by atoms with Crippen molar-refractivity contribution in [1.29, 1.82) is 0 Å². The van der Waals surface area contributed by atoms with Crippen molar-refractivity contribution in [3.05, 3.63) is 63.3 Å². The van der Waals surface area contributed by atoms with Crippen LogP contribution in [0.3, 0.4) is 0 Å². The quantitative estimate of drug-likeness (QED) is 0.637. The van der Waals surface area contributed by atoms with Gasteiger partial charge in [-0.2, -0.15) is 0 Å². The van der Waals surface area contributed by atoms with E-state index in [1.807, 2.05) is 29.6 Å². The minimum absolute atomic E-state index is 0.0948. The van der Waals surface area contributed by atoms with Crippen molar-refractivity contribution < 1.29 is 14.3 Å². The van der Waals surface area contributed by atoms with Gasteiger partial charge in [0.2, 0.25) is 5.91 Å². The summed E-state index contributed by atoms with van der Waals surface area (Å²) in [5, 5.41) is 5.36. The first-order chi connectivity index (χ1) is 11.1. The Hall–Kier alpha value is -2.11. The van der Waals surface area contributed by atoms with Crippen LogP contribution in [0, 0.1) is 0 Å². The van der Waals surface area contributed by atoms with E-state index in [1.54, 1.807) is 18.2 Å². The number of rotatable bonds is 6. The predicted octanol–water partition coefficient (Wildman–Crippen LogP) is 3.84. The number of halogens is 1. The molecule has 0 radical (unpaired) electrons. The van der Waals surface area contributed by atoms with Gasteiger partial charge in [0.25, 0.3) is 0 Å². The van der Waals surface area contributed by atoms with Gasteiger partial charge >= 0.3 is 5.97 Å². The molecule has 0 spiro atoms. The van der Waals surface area contributed by atoms with Crippen molar-refractivity contribution in [2.24, 2.45) is 0 Å². The number of carbonyl (C=O) groups excluding carboxylic acids is 2. The predicted molar refractivity (Wildman–Crippen MR) is 92.3 cm³/mol. The second kappa shape index (κ2) is 8.50. The normalized spacial score (nSPS) is 12.1. The summed E-state index contributed by atoms with van der Waals surface area (Å²) < 4.78 is 4.68. The van der Waals surface area contributed by atoms with E-state index in [2.05, 4.69) is 10.1 Å². The van der Waals surface area contributed by atoms with E-state index >= 15 is 0 Å². The zero-order valence-electron chi connectivity index (χ0n) is 12.5. The van der Waals surface area contributed by atoms with Crippen molar-refractivity contribution in [2.45, 2.75) is 12.5 Å². The van der Waals surface area contributed by atoms with Gasteiger partial charge in [-0.05, 0) is 35.2 Å². The fourth-order valence-corrected chi connectivity index (χ4v) is 2.83. The highest BCUT2D eigenvalue weighted by molar-refractivity contribution is 7.10. The van der Waals surface area contributed by atoms with Crippen LogP contribution in [0.25, 0.3) is 6.08 Å². The number of ether oxygens (including phenoxy) is 1. The lowest BCUT2D eigenvalue weighted by molar-refractivity contribution is -0.141. The number of nitrogens with one attached hydrogen (secondary N) is 1. The van der Waals surface area contributed by atoms with Gasteiger partial charge in [0.1, 0.15) is 0 Å². The van der Waals surface area contributed by atoms with Gasteiger partial charge in [0, 0.05) is 16.0 Å². The molecule has 2 rings (SSSR count). The molecule has 1 unspecified atom stereocenters. The molecular weight excluding hydrogens is 334 g/mol. The third kappa shape index (κ3) is 5.54. The molecule has 4 nitrogen and oxygen atoms in total. The fourth-order valence-electron chi connectivity index (χ4n) is 1.93. The Morgan fingerprint density at radius 1 is 1.30 bits per heavy atom. The number of carbonyl (C=O) groups is 2. The summed E-state index contributed by atoms with van der Waals surface area (Å²) in [4.78, 5) is 24.5. The van der Waals surface area contributed by atoms with Gasteiger partial charge in [0.05, 0.1) is 19.6 Å². The first-order valence-corrected chi connectivity index (χ1v) is 8.18. The first-order valence-electron chi connectivity index (χ1n) is 6.93. The molecule has 0 saturated carbocycles. The third-order valence-corrected chi connectivity index (χ3v) is 4.34. The summed E-state index contributed by atoms with van der Waals surface area (Å²) in [7, 11) is 1.33. The molecule has 0 fully saturated rings. The lowest BCUT2D eigenvalue weighted by Gasteiger charge is -2.15. The summed E-state index contributed by atoms with van der Waals surface area (Å²) in [6, 6.07) is 10.5. The molecule has 0 aliphatic carbocycles. The Bertz CT molecular complexity index is 680. The smallest absolute Gasteiger partial charge is 0.307 e. The van der Waals surface area contributed by atoms with Gasteiger partial charge in [-0.25, -0.2) is 0 Å². The summed E-state index contributed by atoms with van der Waals surface area (Å²) in [5.41, 5.74) is 0.866. The highest BCUT2D eigenvalue weighted by Crippen LogP contribution is 2.22. The van der Waals surface area contributed by atoms with Crippen molar-refractivity contribution in [1.82, 2.24) is 5.32 Å². The van der Waals surface area contributed by atoms with E-state index in [0.29, 0.717) is 5.02 Å². The highest BCUT2D eigenvalue weighted by Gasteiger charge is 2.18. The van der Waals surface area contributed by atoms with Crippen molar-refractivity contribution in [3.8, 4) is 0 Å². The molecule has 1 N–H and O–H groups in total. The molecule has 1 atom stereocenters. The second-order valence-electron chi connectivity index (χ2n) is 4.74. The molecule has 0 saturated heterocycles. The van der Waals surface area contributed by atoms with E-state index in [-0.39, 0.29) is 18.3 Å². The Labute approximate surface area is 143 Å². The van der Waals surface area contributed by atoms with E-state index in [0.717, 1.165) is 10.4 Å². The molecule has 1 aromatic carbocycles. The minimum Gasteiger partial charge on any atom is -0.469 e. The van der Waals surface area contributed by atoms with Crippen LogP contribution in [-0.2, 0) is 14.3 Å². The van der Waals surface area contributed by atoms with Crippen LogP contribution in [0.4, 0.5) is 0 Å². The van der Waals surface area contributed by atoms with Gasteiger partial charge in [-0.15, -0.1) is 11.3 Å². The Balaban J connectivity index is 2.02. The molecule has 1 amide bonds. The summed E-state index contributed by atoms with van der Waals surface area (Å²) in [6.07, 6.45) is 3.22. The lowest BCUT2D eigenvalue weighted by atomic mass is 10.1. The summed E-state index contributed by atoms with van der Waals surface area (Å²) >= 11 is 7.30. The first kappa shape index (κ1) is 17.2. The maximum atomic E-state index is 12.1. The van der Waals surface area contributed by atoms with E-state index in [9.17, 15) is 9.59 Å². The second-order valence-corrected chi connectivity index (χ2v) is 6.16. The van der Waals surface area contributed by atoms with Crippen molar-refractivity contribution in [2.75, 3.05) is 7.11 Å². The molecular formula is C17H16ClNO3S. The maximum Gasteiger partial charge on any atom is 0.307 e. The Morgan fingerprint density at radius 3 is 2.65 bits per heavy atom. The number of esters is 1. The minimum atomic E-state index is -0.398. The molecule has 0 aliphatic heterocycles. The van der Waals surface area contributed by atoms with Crippen LogP contribution in [0.1, 0.15) is 22.9 Å². The SMILES string of the molecule is COC(=O)CC(NC(=O)/C=C/c1ccc(Cl)cc1)c1cccs1. The monoisotopic (exact) mass is 349 g/mol. The van der Waals surface area contributed by atoms with Gasteiger partial charge in [-0.1, -0.05) is 29.8 Å². The number of amides is 1. The van der Waals surface area contributed by atoms with Crippen molar-refractivity contribution >= 4 is 40.9 Å². The van der Waals surface area contributed by atoms with E-state index in [1.165, 1.54) is 24.5 Å². The molecule has 6 heteroatoms. The van der Waals surface area contributed by atoms with Crippen LogP contribution in [0.5, 0.6) is 0 Å². The van der Waals surface area contributed by atoms with E-state index < -0.39 is 6.04 Å². The van der Waals surface area contributed by atoms with Crippen molar-refractivity contribution in [3.63, 3.8) is 0 Å². The molecule has 1 aromatic heterocycles. The molecule has 1 heterocycles. The molecule has 2 aromatic rings. The standard InChI is InChI=1S/C17H16ClNO3S/c1-22-17(21)11-14(15-3-2-10-23-15)19-16(20)9-6-12-4-7-13(18)8-5-12/h2-10,14H,11H2,1H3,(H,19,20)/b9-6+. The average molecular weight is 350 g/mol. The van der Waals surface area contributed by atoms with Gasteiger partial charge < -0.3 is 10.1 Å². The number of methoxy groups -OCH3 is 1. The topological polar surface area (TPSA) is 55.4 Å². The fraction of sp³-hybridized carbons (Fsp3) is 0.176. The van der Waals surface area contributed by atoms with E-state index in [4.69, 9.17) is 11.6 Å². The van der Waals surface area contributed by atoms with Crippen LogP contribution in [0.15, 0.2) is 47.9 Å².